The van der Waals surface area contributed by atoms with Crippen molar-refractivity contribution in [3.05, 3.63) is 34.2 Å². The van der Waals surface area contributed by atoms with E-state index < -0.39 is 17.3 Å². The van der Waals surface area contributed by atoms with E-state index in [1.807, 2.05) is 0 Å². The maximum atomic E-state index is 11.2. The summed E-state index contributed by atoms with van der Waals surface area (Å²) >= 11 is 0. The van der Waals surface area contributed by atoms with Gasteiger partial charge in [-0.25, -0.2) is 4.79 Å². The normalized spacial score (nSPS) is 18.4. The number of hydrogen-bond acceptors (Lipinski definition) is 5. The Morgan fingerprint density at radius 1 is 1.37 bits per heavy atom. The Morgan fingerprint density at radius 2 is 2.11 bits per heavy atom. The van der Waals surface area contributed by atoms with E-state index in [2.05, 4.69) is 0 Å². The molecule has 1 unspecified atom stereocenters. The Morgan fingerprint density at radius 3 is 2.79 bits per heavy atom. The van der Waals surface area contributed by atoms with Gasteiger partial charge in [0.05, 0.1) is 11.0 Å². The number of hydrogen-bond donors (Lipinski definition) is 2. The van der Waals surface area contributed by atoms with Crippen LogP contribution in [0.2, 0.25) is 0 Å². The van der Waals surface area contributed by atoms with Gasteiger partial charge in [0.1, 0.15) is 23.2 Å². The summed E-state index contributed by atoms with van der Waals surface area (Å²) in [5.74, 6) is 0.495. The Labute approximate surface area is 109 Å². The Balaban J connectivity index is 2.21. The van der Waals surface area contributed by atoms with Gasteiger partial charge in [0, 0.05) is 24.1 Å². The van der Waals surface area contributed by atoms with Crippen molar-refractivity contribution in [2.45, 2.75) is 32.0 Å². The second-order valence-electron chi connectivity index (χ2n) is 5.33. The molecule has 1 atom stereocenters. The maximum absolute atomic E-state index is 11.2. The Bertz CT molecular complexity index is 708. The third-order valence-corrected chi connectivity index (χ3v) is 3.40. The molecule has 0 radical (unpaired) electrons. The molecule has 19 heavy (non-hydrogen) atoms. The fourth-order valence-corrected chi connectivity index (χ4v) is 2.31. The molecule has 100 valence electrons. The quantitative estimate of drug-likeness (QED) is 0.762. The average Bonchev–Trinajstić information content (AvgIpc) is 2.73. The Hall–Kier alpha value is -2.01. The van der Waals surface area contributed by atoms with E-state index in [9.17, 15) is 15.0 Å². The predicted octanol–water partition coefficient (Wildman–Crippen LogP) is 1.57. The molecule has 0 saturated heterocycles. The topological polar surface area (TPSA) is 79.9 Å². The summed E-state index contributed by atoms with van der Waals surface area (Å²) in [6.07, 6.45) is -0.0226. The largest absolute Gasteiger partial charge is 0.507 e. The average molecular weight is 262 g/mol. The summed E-state index contributed by atoms with van der Waals surface area (Å²) < 4.78 is 10.8. The first-order chi connectivity index (χ1) is 8.86. The van der Waals surface area contributed by atoms with Crippen LogP contribution in [0.4, 0.5) is 0 Å². The van der Waals surface area contributed by atoms with E-state index in [-0.39, 0.29) is 11.3 Å². The first kappa shape index (κ1) is 12.0. The van der Waals surface area contributed by atoms with Gasteiger partial charge in [0.15, 0.2) is 0 Å². The van der Waals surface area contributed by atoms with E-state index >= 15 is 0 Å². The molecular formula is C14H14O5. The van der Waals surface area contributed by atoms with Gasteiger partial charge in [-0.15, -0.1) is 0 Å². The molecule has 5 heteroatoms. The second-order valence-corrected chi connectivity index (χ2v) is 5.33. The summed E-state index contributed by atoms with van der Waals surface area (Å²) in [6, 6.07) is 4.32. The van der Waals surface area contributed by atoms with E-state index in [1.165, 1.54) is 12.1 Å². The lowest BCUT2D eigenvalue weighted by molar-refractivity contribution is -0.0225. The molecule has 0 amide bonds. The summed E-state index contributed by atoms with van der Waals surface area (Å²) in [5, 5.41) is 20.6. The van der Waals surface area contributed by atoms with Crippen LogP contribution in [0.3, 0.4) is 0 Å². The van der Waals surface area contributed by atoms with Crippen molar-refractivity contribution in [3.63, 3.8) is 0 Å². The molecule has 2 heterocycles. The molecule has 1 aliphatic rings. The lowest BCUT2D eigenvalue weighted by Gasteiger charge is -2.24. The fraction of sp³-hybridized carbons (Fsp3) is 0.357. The molecule has 1 aromatic carbocycles. The molecule has 0 fully saturated rings. The van der Waals surface area contributed by atoms with Gasteiger partial charge in [0.25, 0.3) is 0 Å². The molecule has 0 bridgehead atoms. The fourth-order valence-electron chi connectivity index (χ4n) is 2.31. The van der Waals surface area contributed by atoms with Gasteiger partial charge in [0.2, 0.25) is 0 Å². The lowest BCUT2D eigenvalue weighted by Crippen LogP contribution is -2.39. The molecule has 1 aliphatic heterocycles. The number of aromatic hydroxyl groups is 1. The van der Waals surface area contributed by atoms with Crippen LogP contribution in [0.5, 0.6) is 11.5 Å². The minimum absolute atomic E-state index is 0.0172. The number of ether oxygens (including phenoxy) is 1. The number of aliphatic hydroxyl groups is 1. The van der Waals surface area contributed by atoms with Gasteiger partial charge < -0.3 is 19.4 Å². The monoisotopic (exact) mass is 262 g/mol. The van der Waals surface area contributed by atoms with Crippen molar-refractivity contribution in [2.24, 2.45) is 0 Å². The lowest BCUT2D eigenvalue weighted by atomic mass is 9.96. The highest BCUT2D eigenvalue weighted by Gasteiger charge is 2.37. The van der Waals surface area contributed by atoms with Gasteiger partial charge in [-0.1, -0.05) is 0 Å². The molecular weight excluding hydrogens is 248 g/mol. The van der Waals surface area contributed by atoms with Crippen LogP contribution in [-0.4, -0.2) is 21.9 Å². The SMILES string of the molecule is CC(C)(O)C1Cc2c(O)cc3oc(=O)ccc3c2O1. The number of fused-ring (bicyclic) bond motifs is 3. The summed E-state index contributed by atoms with van der Waals surface area (Å²) in [5.41, 5.74) is -0.592. The van der Waals surface area contributed by atoms with Crippen LogP contribution < -0.4 is 10.4 Å². The molecule has 3 rings (SSSR count). The van der Waals surface area contributed by atoms with Crippen molar-refractivity contribution < 1.29 is 19.4 Å². The van der Waals surface area contributed by atoms with Crippen molar-refractivity contribution in [1.29, 1.82) is 0 Å². The zero-order valence-electron chi connectivity index (χ0n) is 10.6. The van der Waals surface area contributed by atoms with Crippen molar-refractivity contribution in [1.82, 2.24) is 0 Å². The van der Waals surface area contributed by atoms with E-state index in [0.717, 1.165) is 0 Å². The highest BCUT2D eigenvalue weighted by molar-refractivity contribution is 5.87. The predicted molar refractivity (Wildman–Crippen MR) is 68.6 cm³/mol. The number of rotatable bonds is 1. The minimum atomic E-state index is -1.02. The summed E-state index contributed by atoms with van der Waals surface area (Å²) in [6.45, 7) is 3.31. The third-order valence-electron chi connectivity index (χ3n) is 3.40. The first-order valence-corrected chi connectivity index (χ1v) is 6.04. The molecule has 5 nitrogen and oxygen atoms in total. The van der Waals surface area contributed by atoms with Crippen LogP contribution >= 0.6 is 0 Å². The highest BCUT2D eigenvalue weighted by atomic mass is 16.5. The van der Waals surface area contributed by atoms with Crippen molar-refractivity contribution >= 4 is 11.0 Å². The second kappa shape index (κ2) is 3.74. The van der Waals surface area contributed by atoms with Crippen molar-refractivity contribution in [3.8, 4) is 11.5 Å². The highest BCUT2D eigenvalue weighted by Crippen LogP contribution is 2.43. The third kappa shape index (κ3) is 1.86. The van der Waals surface area contributed by atoms with Crippen LogP contribution in [-0.2, 0) is 6.42 Å². The van der Waals surface area contributed by atoms with Crippen LogP contribution in [0.1, 0.15) is 19.4 Å². The zero-order chi connectivity index (χ0) is 13.8. The van der Waals surface area contributed by atoms with E-state index in [1.54, 1.807) is 19.9 Å². The van der Waals surface area contributed by atoms with Crippen LogP contribution in [0, 0.1) is 0 Å². The smallest absolute Gasteiger partial charge is 0.336 e. The zero-order valence-corrected chi connectivity index (χ0v) is 10.6. The minimum Gasteiger partial charge on any atom is -0.507 e. The molecule has 0 spiro atoms. The molecule has 0 saturated carbocycles. The number of phenols is 1. The summed E-state index contributed by atoms with van der Waals surface area (Å²) in [7, 11) is 0. The molecule has 0 aliphatic carbocycles. The van der Waals surface area contributed by atoms with E-state index in [4.69, 9.17) is 9.15 Å². The maximum Gasteiger partial charge on any atom is 0.336 e. The van der Waals surface area contributed by atoms with E-state index in [0.29, 0.717) is 23.1 Å². The van der Waals surface area contributed by atoms with Crippen LogP contribution in [0.25, 0.3) is 11.0 Å². The number of benzene rings is 1. The summed E-state index contributed by atoms with van der Waals surface area (Å²) in [4.78, 5) is 11.2. The van der Waals surface area contributed by atoms with Gasteiger partial charge >= 0.3 is 5.63 Å². The Kier molecular flexibility index (Phi) is 2.37. The molecule has 1 aromatic heterocycles. The van der Waals surface area contributed by atoms with Gasteiger partial charge in [-0.3, -0.25) is 0 Å². The van der Waals surface area contributed by atoms with Crippen molar-refractivity contribution in [2.75, 3.05) is 0 Å². The van der Waals surface area contributed by atoms with Crippen LogP contribution in [0.15, 0.2) is 27.4 Å². The standard InChI is InChI=1S/C14H14O5/c1-14(2,17)11-5-8-9(15)6-10-7(13(8)19-11)3-4-12(16)18-10/h3-4,6,11,15,17H,5H2,1-2H3. The first-order valence-electron chi connectivity index (χ1n) is 6.04. The van der Waals surface area contributed by atoms with Gasteiger partial charge in [-0.05, 0) is 19.9 Å². The number of phenolic OH excluding ortho intramolecular Hbond substituents is 1. The molecule has 2 aromatic rings. The molecule has 2 N–H and O–H groups in total. The van der Waals surface area contributed by atoms with Gasteiger partial charge in [-0.2, -0.15) is 0 Å².